The van der Waals surface area contributed by atoms with Crippen molar-refractivity contribution in [2.75, 3.05) is 13.1 Å². The second kappa shape index (κ2) is 13.4. The van der Waals surface area contributed by atoms with E-state index >= 15 is 0 Å². The lowest BCUT2D eigenvalue weighted by Gasteiger charge is -2.18. The molecule has 2 rings (SSSR count). The van der Waals surface area contributed by atoms with Gasteiger partial charge in [-0.1, -0.05) is 56.3 Å². The minimum atomic E-state index is -0.564. The number of carbonyl (C=O) groups excluding carboxylic acids is 3. The first-order chi connectivity index (χ1) is 15.0. The summed E-state index contributed by atoms with van der Waals surface area (Å²) >= 11 is 0. The van der Waals surface area contributed by atoms with Crippen molar-refractivity contribution in [1.29, 1.82) is 0 Å². The summed E-state index contributed by atoms with van der Waals surface area (Å²) in [6, 6.07) is 13.4. The van der Waals surface area contributed by atoms with Gasteiger partial charge in [0.1, 0.15) is 6.04 Å². The van der Waals surface area contributed by atoms with Crippen LogP contribution in [0.25, 0.3) is 10.8 Å². The summed E-state index contributed by atoms with van der Waals surface area (Å²) in [4.78, 5) is 36.7. The van der Waals surface area contributed by atoms with E-state index in [-0.39, 0.29) is 24.1 Å². The summed E-state index contributed by atoms with van der Waals surface area (Å²) in [7, 11) is 0. The summed E-state index contributed by atoms with van der Waals surface area (Å²) < 4.78 is 0. The molecule has 0 aliphatic carbocycles. The van der Waals surface area contributed by atoms with E-state index in [1.165, 1.54) is 0 Å². The van der Waals surface area contributed by atoms with Crippen molar-refractivity contribution in [1.82, 2.24) is 16.0 Å². The molecular weight excluding hydrogens is 390 g/mol. The molecule has 0 fully saturated rings. The second-order valence-electron chi connectivity index (χ2n) is 7.87. The van der Waals surface area contributed by atoms with Gasteiger partial charge in [-0.25, -0.2) is 0 Å². The molecule has 0 aliphatic rings. The van der Waals surface area contributed by atoms with Crippen molar-refractivity contribution in [3.05, 3.63) is 48.0 Å². The first kappa shape index (κ1) is 24.4. The van der Waals surface area contributed by atoms with Gasteiger partial charge >= 0.3 is 0 Å². The van der Waals surface area contributed by atoms with Gasteiger partial charge in [0.2, 0.25) is 17.7 Å². The molecule has 0 aliphatic heterocycles. The third kappa shape index (κ3) is 8.79. The maximum Gasteiger partial charge on any atom is 0.242 e. The molecule has 2 aromatic rings. The van der Waals surface area contributed by atoms with Crippen molar-refractivity contribution >= 4 is 28.5 Å². The highest BCUT2D eigenvalue weighted by Gasteiger charge is 2.20. The van der Waals surface area contributed by atoms with Crippen LogP contribution in [0, 0.1) is 0 Å². The van der Waals surface area contributed by atoms with Crippen molar-refractivity contribution in [2.24, 2.45) is 0 Å². The minimum Gasteiger partial charge on any atom is -0.356 e. The van der Waals surface area contributed by atoms with Crippen LogP contribution in [0.2, 0.25) is 0 Å². The highest BCUT2D eigenvalue weighted by Crippen LogP contribution is 2.16. The van der Waals surface area contributed by atoms with Gasteiger partial charge in [-0.2, -0.15) is 0 Å². The number of benzene rings is 2. The smallest absolute Gasteiger partial charge is 0.242 e. The SMILES string of the molecule is CCCNC(=O)C(CCCCNC(=O)CCC)NC(=O)Cc1ccc2ccccc2c1. The molecule has 0 bridgehead atoms. The fourth-order valence-electron chi connectivity index (χ4n) is 3.44. The Hall–Kier alpha value is -2.89. The Bertz CT molecular complexity index is 866. The van der Waals surface area contributed by atoms with Gasteiger partial charge in [-0.05, 0) is 48.4 Å². The van der Waals surface area contributed by atoms with E-state index in [4.69, 9.17) is 0 Å². The van der Waals surface area contributed by atoms with Gasteiger partial charge in [0.15, 0.2) is 0 Å². The van der Waals surface area contributed by atoms with E-state index in [1.54, 1.807) is 0 Å². The lowest BCUT2D eigenvalue weighted by Crippen LogP contribution is -2.47. The largest absolute Gasteiger partial charge is 0.356 e. The molecule has 0 saturated heterocycles. The summed E-state index contributed by atoms with van der Waals surface area (Å²) in [6.07, 6.45) is 4.49. The van der Waals surface area contributed by atoms with Gasteiger partial charge in [-0.3, -0.25) is 14.4 Å². The van der Waals surface area contributed by atoms with Gasteiger partial charge in [0.05, 0.1) is 6.42 Å². The molecule has 0 heterocycles. The number of unbranched alkanes of at least 4 members (excludes halogenated alkanes) is 1. The number of hydrogen-bond acceptors (Lipinski definition) is 3. The number of carbonyl (C=O) groups is 3. The zero-order valence-electron chi connectivity index (χ0n) is 18.7. The van der Waals surface area contributed by atoms with Crippen molar-refractivity contribution in [2.45, 2.75) is 64.8 Å². The van der Waals surface area contributed by atoms with Crippen LogP contribution in [-0.2, 0) is 20.8 Å². The first-order valence-corrected chi connectivity index (χ1v) is 11.3. The van der Waals surface area contributed by atoms with Crippen LogP contribution in [0.5, 0.6) is 0 Å². The third-order valence-corrected chi connectivity index (χ3v) is 5.10. The average molecular weight is 426 g/mol. The van der Waals surface area contributed by atoms with E-state index in [2.05, 4.69) is 16.0 Å². The molecule has 0 saturated carbocycles. The van der Waals surface area contributed by atoms with Gasteiger partial charge in [-0.15, -0.1) is 0 Å². The summed E-state index contributed by atoms with van der Waals surface area (Å²) in [5.41, 5.74) is 0.919. The van der Waals surface area contributed by atoms with Crippen LogP contribution in [0.1, 0.15) is 57.9 Å². The first-order valence-electron chi connectivity index (χ1n) is 11.3. The molecule has 31 heavy (non-hydrogen) atoms. The molecule has 3 N–H and O–H groups in total. The topological polar surface area (TPSA) is 87.3 Å². The molecule has 2 aromatic carbocycles. The zero-order valence-corrected chi connectivity index (χ0v) is 18.7. The lowest BCUT2D eigenvalue weighted by molar-refractivity contribution is -0.128. The Morgan fingerprint density at radius 2 is 1.61 bits per heavy atom. The summed E-state index contributed by atoms with van der Waals surface area (Å²) in [5.74, 6) is -0.254. The Kier molecular flexibility index (Phi) is 10.6. The average Bonchev–Trinajstić information content (AvgIpc) is 2.76. The quantitative estimate of drug-likeness (QED) is 0.429. The van der Waals surface area contributed by atoms with E-state index in [0.29, 0.717) is 25.9 Å². The molecule has 6 heteroatoms. The third-order valence-electron chi connectivity index (χ3n) is 5.10. The van der Waals surface area contributed by atoms with Crippen molar-refractivity contribution in [3.8, 4) is 0 Å². The van der Waals surface area contributed by atoms with Crippen LogP contribution in [-0.4, -0.2) is 36.9 Å². The molecule has 1 unspecified atom stereocenters. The van der Waals surface area contributed by atoms with Crippen molar-refractivity contribution < 1.29 is 14.4 Å². The lowest BCUT2D eigenvalue weighted by atomic mass is 10.0. The standard InChI is InChI=1S/C25H35N3O3/c1-3-9-23(29)26-16-8-7-12-22(25(31)27-15-4-2)28-24(30)18-19-13-14-20-10-5-6-11-21(20)17-19/h5-6,10-11,13-14,17,22H,3-4,7-9,12,15-16,18H2,1-2H3,(H,26,29)(H,27,31)(H,28,30). The molecule has 0 radical (unpaired) electrons. The molecular formula is C25H35N3O3. The molecule has 6 nitrogen and oxygen atoms in total. The molecule has 3 amide bonds. The number of nitrogens with one attached hydrogen (secondary N) is 3. The van der Waals surface area contributed by atoms with Crippen LogP contribution < -0.4 is 16.0 Å². The number of amides is 3. The highest BCUT2D eigenvalue weighted by molar-refractivity contribution is 5.89. The zero-order chi connectivity index (χ0) is 22.5. The number of fused-ring (bicyclic) bond motifs is 1. The minimum absolute atomic E-state index is 0.0587. The normalized spacial score (nSPS) is 11.7. The Morgan fingerprint density at radius 1 is 0.839 bits per heavy atom. The summed E-state index contributed by atoms with van der Waals surface area (Å²) in [6.45, 7) is 5.14. The fourth-order valence-corrected chi connectivity index (χ4v) is 3.44. The maximum absolute atomic E-state index is 12.6. The Morgan fingerprint density at radius 3 is 2.35 bits per heavy atom. The van der Waals surface area contributed by atoms with Crippen molar-refractivity contribution in [3.63, 3.8) is 0 Å². The van der Waals surface area contributed by atoms with Gasteiger partial charge < -0.3 is 16.0 Å². The van der Waals surface area contributed by atoms with Gasteiger partial charge in [0.25, 0.3) is 0 Å². The highest BCUT2D eigenvalue weighted by atomic mass is 16.2. The monoisotopic (exact) mass is 425 g/mol. The Labute approximate surface area is 185 Å². The molecule has 0 spiro atoms. The van der Waals surface area contributed by atoms with Crippen LogP contribution in [0.15, 0.2) is 42.5 Å². The Balaban J connectivity index is 1.88. The second-order valence-corrected chi connectivity index (χ2v) is 7.87. The number of rotatable bonds is 13. The van der Waals surface area contributed by atoms with E-state index in [9.17, 15) is 14.4 Å². The maximum atomic E-state index is 12.6. The predicted octanol–water partition coefficient (Wildman–Crippen LogP) is 3.48. The van der Waals surface area contributed by atoms with E-state index < -0.39 is 6.04 Å². The predicted molar refractivity (Wildman–Crippen MR) is 125 cm³/mol. The van der Waals surface area contributed by atoms with Gasteiger partial charge in [0, 0.05) is 19.5 Å². The number of hydrogen-bond donors (Lipinski definition) is 3. The van der Waals surface area contributed by atoms with Crippen LogP contribution in [0.3, 0.4) is 0 Å². The van der Waals surface area contributed by atoms with E-state index in [1.807, 2.05) is 56.3 Å². The summed E-state index contributed by atoms with van der Waals surface area (Å²) in [5, 5.41) is 10.9. The molecule has 168 valence electrons. The van der Waals surface area contributed by atoms with Crippen LogP contribution in [0.4, 0.5) is 0 Å². The molecule has 0 aromatic heterocycles. The van der Waals surface area contributed by atoms with E-state index in [0.717, 1.165) is 42.0 Å². The van der Waals surface area contributed by atoms with Crippen LogP contribution >= 0.6 is 0 Å². The molecule has 1 atom stereocenters. The fraction of sp³-hybridized carbons (Fsp3) is 0.480.